The fourth-order valence-electron chi connectivity index (χ4n) is 3.31. The van der Waals surface area contributed by atoms with Gasteiger partial charge in [-0.1, -0.05) is 30.3 Å². The van der Waals surface area contributed by atoms with Crippen LogP contribution in [0.1, 0.15) is 28.9 Å². The summed E-state index contributed by atoms with van der Waals surface area (Å²) < 4.78 is 33.4. The van der Waals surface area contributed by atoms with E-state index in [9.17, 15) is 18.0 Å². The van der Waals surface area contributed by atoms with E-state index in [2.05, 4.69) is 10.1 Å². The number of aryl methyl sites for hydroxylation is 1. The number of nitrogens with one attached hydrogen (secondary N) is 1. The van der Waals surface area contributed by atoms with E-state index in [4.69, 9.17) is 0 Å². The number of nitrogens with zero attached hydrogens (tertiary/aromatic N) is 2. The Morgan fingerprint density at radius 2 is 1.96 bits per heavy atom. The summed E-state index contributed by atoms with van der Waals surface area (Å²) in [4.78, 5) is 24.4. The predicted molar refractivity (Wildman–Crippen MR) is 102 cm³/mol. The molecule has 1 fully saturated rings. The maximum atomic E-state index is 13.1. The minimum Gasteiger partial charge on any atom is -0.464 e. The molecule has 0 spiro atoms. The fourth-order valence-corrected chi connectivity index (χ4v) is 5.04. The third kappa shape index (κ3) is 3.95. The molecular formula is C19H23N3O5S. The number of rotatable bonds is 6. The van der Waals surface area contributed by atoms with Gasteiger partial charge in [-0.2, -0.15) is 4.31 Å². The van der Waals surface area contributed by atoms with Crippen molar-refractivity contribution in [2.45, 2.75) is 30.3 Å². The van der Waals surface area contributed by atoms with Crippen molar-refractivity contribution in [3.8, 4) is 0 Å². The van der Waals surface area contributed by atoms with Crippen molar-refractivity contribution >= 4 is 21.9 Å². The lowest BCUT2D eigenvalue weighted by atomic mass is 10.2. The molecule has 8 nitrogen and oxygen atoms in total. The Balaban J connectivity index is 1.77. The van der Waals surface area contributed by atoms with Crippen LogP contribution >= 0.6 is 0 Å². The van der Waals surface area contributed by atoms with Crippen LogP contribution in [0.5, 0.6) is 0 Å². The highest BCUT2D eigenvalue weighted by molar-refractivity contribution is 7.89. The molecule has 28 heavy (non-hydrogen) atoms. The summed E-state index contributed by atoms with van der Waals surface area (Å²) in [5.74, 6) is -0.948. The van der Waals surface area contributed by atoms with Gasteiger partial charge in [0, 0.05) is 26.3 Å². The first kappa shape index (κ1) is 20.1. The van der Waals surface area contributed by atoms with Gasteiger partial charge in [0.25, 0.3) is 0 Å². The van der Waals surface area contributed by atoms with Gasteiger partial charge < -0.3 is 14.6 Å². The van der Waals surface area contributed by atoms with Crippen LogP contribution in [0, 0.1) is 0 Å². The lowest BCUT2D eigenvalue weighted by molar-refractivity contribution is -0.124. The summed E-state index contributed by atoms with van der Waals surface area (Å²) in [6, 6.07) is 9.93. The molecule has 0 saturated carbocycles. The molecule has 1 aromatic carbocycles. The molecule has 9 heteroatoms. The first-order valence-electron chi connectivity index (χ1n) is 8.92. The number of ether oxygens (including phenoxy) is 1. The highest BCUT2D eigenvalue weighted by Gasteiger charge is 2.40. The molecule has 0 unspecified atom stereocenters. The average molecular weight is 405 g/mol. The van der Waals surface area contributed by atoms with Crippen LogP contribution < -0.4 is 5.32 Å². The van der Waals surface area contributed by atoms with Crippen LogP contribution in [0.2, 0.25) is 0 Å². The van der Waals surface area contributed by atoms with Gasteiger partial charge in [0.15, 0.2) is 0 Å². The maximum Gasteiger partial charge on any atom is 0.354 e. The van der Waals surface area contributed by atoms with Crippen molar-refractivity contribution in [3.63, 3.8) is 0 Å². The summed E-state index contributed by atoms with van der Waals surface area (Å²) in [6.07, 6.45) is 2.41. The SMILES string of the molecule is COC(=O)c1cc(S(=O)(=O)N2CCC[C@@H]2C(=O)NCc2ccccc2)cn1C. The second-order valence-electron chi connectivity index (χ2n) is 6.64. The van der Waals surface area contributed by atoms with Crippen LogP contribution in [0.25, 0.3) is 0 Å². The van der Waals surface area contributed by atoms with Gasteiger partial charge in [-0.05, 0) is 24.5 Å². The first-order chi connectivity index (χ1) is 13.3. The number of carbonyl (C=O) groups is 2. The van der Waals surface area contributed by atoms with Crippen LogP contribution in [-0.2, 0) is 33.1 Å². The molecule has 1 aromatic heterocycles. The van der Waals surface area contributed by atoms with Gasteiger partial charge in [0.05, 0.1) is 7.11 Å². The Bertz CT molecular complexity index is 969. The average Bonchev–Trinajstić information content (AvgIpc) is 3.34. The monoisotopic (exact) mass is 405 g/mol. The molecule has 2 heterocycles. The highest BCUT2D eigenvalue weighted by atomic mass is 32.2. The fraction of sp³-hybridized carbons (Fsp3) is 0.368. The molecule has 2 aromatic rings. The van der Waals surface area contributed by atoms with E-state index >= 15 is 0 Å². The standard InChI is InChI=1S/C19H23N3O5S/c1-21-13-15(11-17(21)19(24)27-2)28(25,26)22-10-6-9-16(22)18(23)20-12-14-7-4-3-5-8-14/h3-5,7-8,11,13,16H,6,9-10,12H2,1-2H3,(H,20,23)/t16-/m1/s1. The quantitative estimate of drug-likeness (QED) is 0.730. The van der Waals surface area contributed by atoms with Gasteiger partial charge in [0.2, 0.25) is 15.9 Å². The van der Waals surface area contributed by atoms with Gasteiger partial charge >= 0.3 is 5.97 Å². The number of esters is 1. The highest BCUT2D eigenvalue weighted by Crippen LogP contribution is 2.27. The third-order valence-corrected chi connectivity index (χ3v) is 6.67. The van der Waals surface area contributed by atoms with Gasteiger partial charge in [-0.25, -0.2) is 13.2 Å². The number of sulfonamides is 1. The van der Waals surface area contributed by atoms with E-state index in [-0.39, 0.29) is 23.0 Å². The molecule has 3 rings (SSSR count). The number of amides is 1. The lowest BCUT2D eigenvalue weighted by Gasteiger charge is -2.22. The number of hydrogen-bond acceptors (Lipinski definition) is 5. The number of aromatic nitrogens is 1. The second-order valence-corrected chi connectivity index (χ2v) is 8.53. The van der Waals surface area contributed by atoms with Crippen molar-refractivity contribution in [1.29, 1.82) is 0 Å². The predicted octanol–water partition coefficient (Wildman–Crippen LogP) is 1.28. The normalized spacial score (nSPS) is 17.4. The summed E-state index contributed by atoms with van der Waals surface area (Å²) in [5, 5.41) is 2.81. The number of hydrogen-bond donors (Lipinski definition) is 1. The van der Waals surface area contributed by atoms with Crippen LogP contribution in [0.3, 0.4) is 0 Å². The number of methoxy groups -OCH3 is 1. The van der Waals surface area contributed by atoms with Crippen molar-refractivity contribution in [2.75, 3.05) is 13.7 Å². The zero-order valence-corrected chi connectivity index (χ0v) is 16.6. The zero-order chi connectivity index (χ0) is 20.3. The van der Waals surface area contributed by atoms with Gasteiger partial charge in [-0.3, -0.25) is 4.79 Å². The molecule has 0 aliphatic carbocycles. The maximum absolute atomic E-state index is 13.1. The largest absolute Gasteiger partial charge is 0.464 e. The molecule has 1 N–H and O–H groups in total. The molecule has 1 atom stereocenters. The molecular weight excluding hydrogens is 382 g/mol. The minimum absolute atomic E-state index is 0.0295. The van der Waals surface area contributed by atoms with Crippen LogP contribution in [-0.4, -0.2) is 48.9 Å². The molecule has 150 valence electrons. The second kappa shape index (κ2) is 8.15. The van der Waals surface area contributed by atoms with Crippen molar-refractivity contribution in [3.05, 3.63) is 53.9 Å². The van der Waals surface area contributed by atoms with E-state index in [0.29, 0.717) is 19.4 Å². The van der Waals surface area contributed by atoms with E-state index in [1.54, 1.807) is 7.05 Å². The van der Waals surface area contributed by atoms with Crippen molar-refractivity contribution in [1.82, 2.24) is 14.2 Å². The molecule has 1 aliphatic heterocycles. The van der Waals surface area contributed by atoms with Crippen molar-refractivity contribution in [2.24, 2.45) is 7.05 Å². The van der Waals surface area contributed by atoms with Gasteiger partial charge in [-0.15, -0.1) is 0 Å². The third-order valence-electron chi connectivity index (χ3n) is 4.80. The molecule has 0 radical (unpaired) electrons. The Morgan fingerprint density at radius 1 is 1.25 bits per heavy atom. The van der Waals surface area contributed by atoms with Crippen molar-refractivity contribution < 1.29 is 22.7 Å². The van der Waals surface area contributed by atoms with E-state index < -0.39 is 22.0 Å². The minimum atomic E-state index is -3.92. The molecule has 0 bridgehead atoms. The Kier molecular flexibility index (Phi) is 5.85. The smallest absolute Gasteiger partial charge is 0.354 e. The lowest BCUT2D eigenvalue weighted by Crippen LogP contribution is -2.45. The van der Waals surface area contributed by atoms with Gasteiger partial charge in [0.1, 0.15) is 16.6 Å². The topological polar surface area (TPSA) is 97.7 Å². The Morgan fingerprint density at radius 3 is 2.64 bits per heavy atom. The molecule has 1 aliphatic rings. The molecule has 1 amide bonds. The first-order valence-corrected chi connectivity index (χ1v) is 10.4. The number of carbonyl (C=O) groups excluding carboxylic acids is 2. The molecule has 1 saturated heterocycles. The number of benzene rings is 1. The Labute approximate surface area is 164 Å². The van der Waals surface area contributed by atoms with E-state index in [1.165, 1.54) is 28.2 Å². The zero-order valence-electron chi connectivity index (χ0n) is 15.8. The van der Waals surface area contributed by atoms with E-state index in [1.807, 2.05) is 30.3 Å². The van der Waals surface area contributed by atoms with Crippen LogP contribution in [0.4, 0.5) is 0 Å². The summed E-state index contributed by atoms with van der Waals surface area (Å²) in [5.41, 5.74) is 1.07. The Hall–Kier alpha value is -2.65. The summed E-state index contributed by atoms with van der Waals surface area (Å²) in [7, 11) is -1.11. The van der Waals surface area contributed by atoms with Crippen LogP contribution in [0.15, 0.2) is 47.5 Å². The van der Waals surface area contributed by atoms with E-state index in [0.717, 1.165) is 5.56 Å². The summed E-state index contributed by atoms with van der Waals surface area (Å²) in [6.45, 7) is 0.593. The summed E-state index contributed by atoms with van der Waals surface area (Å²) >= 11 is 0.